The number of aromatic nitrogens is 6. The molecule has 0 bridgehead atoms. The molecule has 6 rings (SSSR count). The maximum Gasteiger partial charge on any atom is 0.260 e. The largest absolute Gasteiger partial charge is 0.260 e. The van der Waals surface area contributed by atoms with Gasteiger partial charge in [0.25, 0.3) is 5.78 Å². The quantitative estimate of drug-likeness (QED) is 0.323. The van der Waals surface area contributed by atoms with E-state index in [-0.39, 0.29) is 0 Å². The molecule has 0 radical (unpaired) electrons. The van der Waals surface area contributed by atoms with Crippen molar-refractivity contribution in [3.8, 4) is 0 Å². The summed E-state index contributed by atoms with van der Waals surface area (Å²) < 4.78 is 4.03. The molecule has 0 saturated carbocycles. The Balaban J connectivity index is 1.38. The number of thiophene rings is 1. The van der Waals surface area contributed by atoms with Crippen molar-refractivity contribution in [1.29, 1.82) is 0 Å². The minimum Gasteiger partial charge on any atom is -0.244 e. The molecule has 0 atom stereocenters. The third kappa shape index (κ3) is 2.48. The van der Waals surface area contributed by atoms with Gasteiger partial charge in [0.15, 0.2) is 10.8 Å². The van der Waals surface area contributed by atoms with Gasteiger partial charge in [-0.1, -0.05) is 42.1 Å². The first-order valence-corrected chi connectivity index (χ1v) is 11.4. The lowest BCUT2D eigenvalue weighted by Gasteiger charge is -2.04. The molecule has 0 fully saturated rings. The molecule has 4 aromatic heterocycles. The molecule has 5 aromatic rings. The van der Waals surface area contributed by atoms with Crippen LogP contribution in [0.4, 0.5) is 0 Å². The number of thioether (sulfide) groups is 1. The standard InChI is InChI=1S/C20H18N6S2/c1-2-6-13(7-3-1)8-5-11-27-20-24-23-19-25(20)18-16(17-21-12-22-26(17)19)14-9-4-10-15(14)28-18/h1-3,6-7,12H,4-5,8-11H2. The van der Waals surface area contributed by atoms with E-state index in [9.17, 15) is 0 Å². The SMILES string of the molecule is c1ccc(CCCSc2nnc3n4ncnc4c4c5c(sc4n23)CCC5)cc1. The van der Waals surface area contributed by atoms with Gasteiger partial charge in [0.05, 0.1) is 5.39 Å². The van der Waals surface area contributed by atoms with Crippen LogP contribution in [-0.4, -0.2) is 34.9 Å². The van der Waals surface area contributed by atoms with Crippen LogP contribution in [0.2, 0.25) is 0 Å². The summed E-state index contributed by atoms with van der Waals surface area (Å²) in [5.74, 6) is 1.77. The molecule has 6 nitrogen and oxygen atoms in total. The van der Waals surface area contributed by atoms with Crippen LogP contribution in [0.3, 0.4) is 0 Å². The van der Waals surface area contributed by atoms with E-state index in [4.69, 9.17) is 0 Å². The van der Waals surface area contributed by atoms with Gasteiger partial charge in [-0.2, -0.15) is 9.61 Å². The predicted octanol–water partition coefficient (Wildman–Crippen LogP) is 4.20. The summed E-state index contributed by atoms with van der Waals surface area (Å²) in [5.41, 5.74) is 3.75. The zero-order valence-electron chi connectivity index (χ0n) is 15.2. The average molecular weight is 407 g/mol. The van der Waals surface area contributed by atoms with Crippen molar-refractivity contribution in [1.82, 2.24) is 29.2 Å². The summed E-state index contributed by atoms with van der Waals surface area (Å²) in [6, 6.07) is 10.6. The van der Waals surface area contributed by atoms with Gasteiger partial charge < -0.3 is 0 Å². The highest BCUT2D eigenvalue weighted by atomic mass is 32.2. The number of hydrogen-bond acceptors (Lipinski definition) is 6. The molecule has 28 heavy (non-hydrogen) atoms. The Kier molecular flexibility index (Phi) is 3.87. The van der Waals surface area contributed by atoms with E-state index in [1.54, 1.807) is 18.1 Å². The molecule has 1 aliphatic rings. The molecule has 0 spiro atoms. The van der Waals surface area contributed by atoms with E-state index in [0.29, 0.717) is 0 Å². The van der Waals surface area contributed by atoms with Gasteiger partial charge in [-0.3, -0.25) is 0 Å². The summed E-state index contributed by atoms with van der Waals surface area (Å²) in [6.07, 6.45) is 7.34. The highest BCUT2D eigenvalue weighted by molar-refractivity contribution is 7.99. The fourth-order valence-electron chi connectivity index (χ4n) is 4.09. The van der Waals surface area contributed by atoms with E-state index in [1.807, 2.05) is 15.9 Å². The van der Waals surface area contributed by atoms with Crippen molar-refractivity contribution in [3.05, 3.63) is 52.7 Å². The van der Waals surface area contributed by atoms with Crippen molar-refractivity contribution in [2.24, 2.45) is 0 Å². The van der Waals surface area contributed by atoms with E-state index in [0.717, 1.165) is 48.0 Å². The summed E-state index contributed by atoms with van der Waals surface area (Å²) in [7, 11) is 0. The Bertz CT molecular complexity index is 1300. The van der Waals surface area contributed by atoms with Gasteiger partial charge >= 0.3 is 0 Å². The maximum atomic E-state index is 4.54. The van der Waals surface area contributed by atoms with E-state index >= 15 is 0 Å². The smallest absolute Gasteiger partial charge is 0.244 e. The van der Waals surface area contributed by atoms with Crippen molar-refractivity contribution in [2.75, 3.05) is 5.75 Å². The van der Waals surface area contributed by atoms with Gasteiger partial charge in [-0.25, -0.2) is 9.38 Å². The lowest BCUT2D eigenvalue weighted by molar-refractivity contribution is 0.904. The number of rotatable bonds is 5. The van der Waals surface area contributed by atoms with Crippen LogP contribution in [-0.2, 0) is 19.3 Å². The summed E-state index contributed by atoms with van der Waals surface area (Å²) in [5, 5.41) is 15.6. The van der Waals surface area contributed by atoms with E-state index < -0.39 is 0 Å². The molecule has 0 unspecified atom stereocenters. The Hall–Kier alpha value is -2.45. The van der Waals surface area contributed by atoms with Crippen LogP contribution in [0.1, 0.15) is 28.8 Å². The second-order valence-corrected chi connectivity index (χ2v) is 9.23. The molecule has 1 aromatic carbocycles. The molecule has 0 N–H and O–H groups in total. The fraction of sp³-hybridized carbons (Fsp3) is 0.300. The topological polar surface area (TPSA) is 60.4 Å². The Morgan fingerprint density at radius 3 is 2.96 bits per heavy atom. The summed E-state index contributed by atoms with van der Waals surface area (Å²) in [6.45, 7) is 0. The van der Waals surface area contributed by atoms with Crippen molar-refractivity contribution in [3.63, 3.8) is 0 Å². The van der Waals surface area contributed by atoms with E-state index in [1.165, 1.54) is 32.6 Å². The number of fused-ring (bicyclic) bond motifs is 8. The van der Waals surface area contributed by atoms with Gasteiger partial charge in [-0.15, -0.1) is 21.5 Å². The lowest BCUT2D eigenvalue weighted by Crippen LogP contribution is -1.99. The third-order valence-corrected chi connectivity index (χ3v) is 7.66. The molecule has 4 heterocycles. The van der Waals surface area contributed by atoms with Crippen LogP contribution in [0.15, 0.2) is 41.8 Å². The first kappa shape index (κ1) is 16.5. The van der Waals surface area contributed by atoms with Crippen LogP contribution < -0.4 is 0 Å². The average Bonchev–Trinajstić information content (AvgIpc) is 3.47. The molecule has 0 saturated heterocycles. The number of hydrogen-bond donors (Lipinski definition) is 0. The highest BCUT2D eigenvalue weighted by Gasteiger charge is 2.25. The molecule has 0 amide bonds. The van der Waals surface area contributed by atoms with Gasteiger partial charge in [-0.05, 0) is 43.2 Å². The maximum absolute atomic E-state index is 4.54. The van der Waals surface area contributed by atoms with Crippen LogP contribution >= 0.6 is 23.1 Å². The van der Waals surface area contributed by atoms with Crippen LogP contribution in [0.5, 0.6) is 0 Å². The monoisotopic (exact) mass is 406 g/mol. The lowest BCUT2D eigenvalue weighted by atomic mass is 10.1. The number of benzene rings is 1. The zero-order chi connectivity index (χ0) is 18.5. The van der Waals surface area contributed by atoms with Crippen molar-refractivity contribution < 1.29 is 0 Å². The normalized spacial score (nSPS) is 13.9. The molecule has 8 heteroatoms. The molecule has 1 aliphatic carbocycles. The van der Waals surface area contributed by atoms with Gasteiger partial charge in [0.2, 0.25) is 0 Å². The minimum absolute atomic E-state index is 0.755. The molecular weight excluding hydrogens is 388 g/mol. The Labute approximate surface area is 169 Å². The van der Waals surface area contributed by atoms with E-state index in [2.05, 4.69) is 55.0 Å². The van der Waals surface area contributed by atoms with Crippen molar-refractivity contribution in [2.45, 2.75) is 37.3 Å². The zero-order valence-corrected chi connectivity index (χ0v) is 16.8. The molecular formula is C20H18N6S2. The van der Waals surface area contributed by atoms with Gasteiger partial charge in [0.1, 0.15) is 11.2 Å². The van der Waals surface area contributed by atoms with Crippen LogP contribution in [0.25, 0.3) is 21.6 Å². The highest BCUT2D eigenvalue weighted by Crippen LogP contribution is 2.40. The Morgan fingerprint density at radius 2 is 2.04 bits per heavy atom. The van der Waals surface area contributed by atoms with Crippen LogP contribution in [0, 0.1) is 0 Å². The second-order valence-electron chi connectivity index (χ2n) is 7.09. The number of nitrogens with zero attached hydrogens (tertiary/aromatic N) is 6. The predicted molar refractivity (Wildman–Crippen MR) is 112 cm³/mol. The van der Waals surface area contributed by atoms with Crippen molar-refractivity contribution >= 4 is 44.7 Å². The first-order chi connectivity index (χ1) is 13.9. The number of aryl methyl sites for hydroxylation is 3. The minimum atomic E-state index is 0.755. The summed E-state index contributed by atoms with van der Waals surface area (Å²) >= 11 is 3.65. The molecule has 0 aliphatic heterocycles. The second kappa shape index (κ2) is 6.56. The third-order valence-electron chi connectivity index (χ3n) is 5.37. The molecule has 140 valence electrons. The summed E-state index contributed by atoms with van der Waals surface area (Å²) in [4.78, 5) is 7.24. The first-order valence-electron chi connectivity index (χ1n) is 9.58. The van der Waals surface area contributed by atoms with Gasteiger partial charge in [0, 0.05) is 10.6 Å². The fourth-order valence-corrected chi connectivity index (χ4v) is 6.40. The Morgan fingerprint density at radius 1 is 1.11 bits per heavy atom.